The Bertz CT molecular complexity index is 457. The average molecular weight is 283 g/mol. The van der Waals surface area contributed by atoms with Gasteiger partial charge >= 0.3 is 0 Å². The Morgan fingerprint density at radius 3 is 2.63 bits per heavy atom. The van der Waals surface area contributed by atoms with Crippen LogP contribution in [0, 0.1) is 0 Å². The minimum Gasteiger partial charge on any atom is -0.497 e. The van der Waals surface area contributed by atoms with E-state index in [0.717, 1.165) is 26.2 Å². The van der Waals surface area contributed by atoms with Gasteiger partial charge in [0.2, 0.25) is 0 Å². The lowest BCUT2D eigenvalue weighted by Gasteiger charge is -2.31. The first kappa shape index (κ1) is 14.3. The molecule has 0 bridgehead atoms. The molecule has 0 radical (unpaired) electrons. The van der Waals surface area contributed by atoms with Crippen LogP contribution in [0.4, 0.5) is 0 Å². The molecule has 1 aromatic carbocycles. The van der Waals surface area contributed by atoms with E-state index in [2.05, 4.69) is 16.8 Å². The van der Waals surface area contributed by atoms with E-state index < -0.39 is 0 Å². The summed E-state index contributed by atoms with van der Waals surface area (Å²) >= 11 is 6.09. The number of carbonyl (C=O) groups is 1. The third kappa shape index (κ3) is 3.69. The quantitative estimate of drug-likeness (QED) is 0.788. The fourth-order valence-electron chi connectivity index (χ4n) is 2.14. The minimum atomic E-state index is 0.0495. The molecule has 0 spiro atoms. The van der Waals surface area contributed by atoms with E-state index in [1.54, 1.807) is 25.3 Å². The number of halogens is 1. The summed E-state index contributed by atoms with van der Waals surface area (Å²) < 4.78 is 5.13. The van der Waals surface area contributed by atoms with E-state index in [1.807, 2.05) is 0 Å². The summed E-state index contributed by atoms with van der Waals surface area (Å²) in [4.78, 5) is 16.7. The van der Waals surface area contributed by atoms with Gasteiger partial charge in [-0.05, 0) is 25.2 Å². The van der Waals surface area contributed by atoms with Crippen LogP contribution in [0.2, 0.25) is 5.02 Å². The molecule has 0 aromatic heterocycles. The number of carbonyl (C=O) groups excluding carboxylic acids is 1. The van der Waals surface area contributed by atoms with Crippen molar-refractivity contribution in [3.05, 3.63) is 28.8 Å². The van der Waals surface area contributed by atoms with E-state index in [4.69, 9.17) is 16.3 Å². The highest BCUT2D eigenvalue weighted by Crippen LogP contribution is 2.22. The van der Waals surface area contributed by atoms with E-state index in [0.29, 0.717) is 22.9 Å². The van der Waals surface area contributed by atoms with Crippen molar-refractivity contribution in [1.82, 2.24) is 9.80 Å². The lowest BCUT2D eigenvalue weighted by molar-refractivity contribution is 0.0876. The molecule has 1 heterocycles. The van der Waals surface area contributed by atoms with Gasteiger partial charge in [-0.2, -0.15) is 0 Å². The molecule has 0 amide bonds. The number of hydrogen-bond donors (Lipinski definition) is 0. The van der Waals surface area contributed by atoms with Gasteiger partial charge in [-0.1, -0.05) is 11.6 Å². The molecule has 1 aliphatic rings. The zero-order valence-corrected chi connectivity index (χ0v) is 12.1. The van der Waals surface area contributed by atoms with Crippen LogP contribution in [0.3, 0.4) is 0 Å². The van der Waals surface area contributed by atoms with E-state index in [1.165, 1.54) is 0 Å². The molecule has 0 aliphatic carbocycles. The van der Waals surface area contributed by atoms with Crippen molar-refractivity contribution in [2.45, 2.75) is 0 Å². The first-order valence-electron chi connectivity index (χ1n) is 6.38. The van der Waals surface area contributed by atoms with Gasteiger partial charge in [0.25, 0.3) is 0 Å². The van der Waals surface area contributed by atoms with Crippen LogP contribution >= 0.6 is 11.6 Å². The van der Waals surface area contributed by atoms with Gasteiger partial charge in [0.1, 0.15) is 5.75 Å². The highest BCUT2D eigenvalue weighted by Gasteiger charge is 2.19. The number of ether oxygens (including phenoxy) is 1. The number of hydrogen-bond acceptors (Lipinski definition) is 4. The largest absolute Gasteiger partial charge is 0.497 e. The van der Waals surface area contributed by atoms with Crippen LogP contribution < -0.4 is 4.74 Å². The average Bonchev–Trinajstić information content (AvgIpc) is 2.42. The van der Waals surface area contributed by atoms with Crippen molar-refractivity contribution in [3.63, 3.8) is 0 Å². The minimum absolute atomic E-state index is 0.0495. The van der Waals surface area contributed by atoms with Crippen LogP contribution in [0.1, 0.15) is 10.4 Å². The Balaban J connectivity index is 2.03. The van der Waals surface area contributed by atoms with E-state index in [-0.39, 0.29) is 5.78 Å². The van der Waals surface area contributed by atoms with Crippen molar-refractivity contribution in [1.29, 1.82) is 0 Å². The number of rotatable bonds is 4. The third-order valence-corrected chi connectivity index (χ3v) is 3.77. The maximum atomic E-state index is 12.3. The summed E-state index contributed by atoms with van der Waals surface area (Å²) in [5, 5.41) is 0.486. The molecule has 5 heteroatoms. The molecule has 1 saturated heterocycles. The molecule has 19 heavy (non-hydrogen) atoms. The van der Waals surface area contributed by atoms with Gasteiger partial charge in [-0.15, -0.1) is 0 Å². The van der Waals surface area contributed by atoms with Crippen LogP contribution in [0.5, 0.6) is 5.75 Å². The molecule has 0 atom stereocenters. The first-order valence-corrected chi connectivity index (χ1v) is 6.75. The van der Waals surface area contributed by atoms with E-state index >= 15 is 0 Å². The molecule has 1 aliphatic heterocycles. The molecule has 0 unspecified atom stereocenters. The summed E-state index contributed by atoms with van der Waals surface area (Å²) in [5.41, 5.74) is 0.542. The number of piperazine rings is 1. The second kappa shape index (κ2) is 6.37. The standard InChI is InChI=1S/C14H19ClN2O2/c1-16-5-7-17(8-6-16)10-14(18)12-9-11(19-2)3-4-13(12)15/h3-4,9H,5-8,10H2,1-2H3. The normalized spacial score (nSPS) is 17.4. The number of benzene rings is 1. The fourth-order valence-corrected chi connectivity index (χ4v) is 2.36. The molecule has 4 nitrogen and oxygen atoms in total. The Morgan fingerprint density at radius 2 is 2.00 bits per heavy atom. The van der Waals surface area contributed by atoms with Crippen LogP contribution in [0.25, 0.3) is 0 Å². The lowest BCUT2D eigenvalue weighted by Crippen LogP contribution is -2.46. The summed E-state index contributed by atoms with van der Waals surface area (Å²) in [6.45, 7) is 4.26. The molecule has 2 rings (SSSR count). The molecule has 104 valence electrons. The van der Waals surface area contributed by atoms with Crippen molar-refractivity contribution in [3.8, 4) is 5.75 Å². The zero-order valence-electron chi connectivity index (χ0n) is 11.4. The van der Waals surface area contributed by atoms with Gasteiger partial charge in [-0.25, -0.2) is 0 Å². The smallest absolute Gasteiger partial charge is 0.178 e. The Morgan fingerprint density at radius 1 is 1.32 bits per heavy atom. The summed E-state index contributed by atoms with van der Waals surface area (Å²) in [6, 6.07) is 5.17. The van der Waals surface area contributed by atoms with Crippen molar-refractivity contribution >= 4 is 17.4 Å². The van der Waals surface area contributed by atoms with Crippen LogP contribution in [-0.4, -0.2) is 62.5 Å². The Labute approximate surface area is 118 Å². The predicted octanol–water partition coefficient (Wildman–Crippen LogP) is 1.78. The maximum absolute atomic E-state index is 12.3. The number of ketones is 1. The van der Waals surface area contributed by atoms with Gasteiger partial charge in [0.15, 0.2) is 5.78 Å². The number of likely N-dealkylation sites (N-methyl/N-ethyl adjacent to an activating group) is 1. The highest BCUT2D eigenvalue weighted by molar-refractivity contribution is 6.34. The van der Waals surface area contributed by atoms with Gasteiger partial charge < -0.3 is 9.64 Å². The Hall–Kier alpha value is -1.10. The number of methoxy groups -OCH3 is 1. The third-order valence-electron chi connectivity index (χ3n) is 3.44. The molecular weight excluding hydrogens is 264 g/mol. The molecule has 1 fully saturated rings. The van der Waals surface area contributed by atoms with Gasteiger partial charge in [-0.3, -0.25) is 9.69 Å². The first-order chi connectivity index (χ1) is 9.10. The predicted molar refractivity (Wildman–Crippen MR) is 76.3 cm³/mol. The lowest BCUT2D eigenvalue weighted by atomic mass is 10.1. The van der Waals surface area contributed by atoms with E-state index in [9.17, 15) is 4.79 Å². The fraction of sp³-hybridized carbons (Fsp3) is 0.500. The topological polar surface area (TPSA) is 32.8 Å². The van der Waals surface area contributed by atoms with Crippen molar-refractivity contribution in [2.24, 2.45) is 0 Å². The number of Topliss-reactive ketones (excluding diaryl/α,β-unsaturated/α-hetero) is 1. The molecule has 0 N–H and O–H groups in total. The van der Waals surface area contributed by atoms with Gasteiger partial charge in [0.05, 0.1) is 18.7 Å². The summed E-state index contributed by atoms with van der Waals surface area (Å²) in [5.74, 6) is 0.708. The monoisotopic (exact) mass is 282 g/mol. The number of nitrogens with zero attached hydrogens (tertiary/aromatic N) is 2. The van der Waals surface area contributed by atoms with Crippen molar-refractivity contribution < 1.29 is 9.53 Å². The van der Waals surface area contributed by atoms with Crippen LogP contribution in [-0.2, 0) is 0 Å². The van der Waals surface area contributed by atoms with Crippen molar-refractivity contribution in [2.75, 3.05) is 46.9 Å². The molecule has 1 aromatic rings. The molecular formula is C14H19ClN2O2. The Kier molecular flexibility index (Phi) is 4.80. The molecule has 0 saturated carbocycles. The second-order valence-electron chi connectivity index (χ2n) is 4.85. The van der Waals surface area contributed by atoms with Crippen LogP contribution in [0.15, 0.2) is 18.2 Å². The van der Waals surface area contributed by atoms with Gasteiger partial charge in [0, 0.05) is 31.7 Å². The highest BCUT2D eigenvalue weighted by atomic mass is 35.5. The SMILES string of the molecule is COc1ccc(Cl)c(C(=O)CN2CCN(C)CC2)c1. The maximum Gasteiger partial charge on any atom is 0.178 e. The zero-order chi connectivity index (χ0) is 13.8. The second-order valence-corrected chi connectivity index (χ2v) is 5.26. The summed E-state index contributed by atoms with van der Waals surface area (Å²) in [6.07, 6.45) is 0. The summed E-state index contributed by atoms with van der Waals surface area (Å²) in [7, 11) is 3.68.